The Bertz CT molecular complexity index is 917. The Morgan fingerprint density at radius 2 is 1.83 bits per heavy atom. The van der Waals surface area contributed by atoms with E-state index in [-0.39, 0.29) is 34.7 Å². The van der Waals surface area contributed by atoms with Crippen molar-refractivity contribution in [1.29, 1.82) is 0 Å². The third-order valence-corrected chi connectivity index (χ3v) is 6.61. The fourth-order valence-corrected chi connectivity index (χ4v) is 5.26. The average Bonchev–Trinajstić information content (AvgIpc) is 2.66. The summed E-state index contributed by atoms with van der Waals surface area (Å²) in [7, 11) is -2.40. The summed E-state index contributed by atoms with van der Waals surface area (Å²) in [5, 5.41) is 14.6. The van der Waals surface area contributed by atoms with Crippen LogP contribution in [-0.4, -0.2) is 25.2 Å². The molecule has 0 aromatic heterocycles. The lowest BCUT2D eigenvalue weighted by Gasteiger charge is -2.29. The lowest BCUT2D eigenvalue weighted by atomic mass is 10.2. The number of anilines is 1. The summed E-state index contributed by atoms with van der Waals surface area (Å²) in [6.07, 6.45) is 0. The van der Waals surface area contributed by atoms with Crippen LogP contribution in [0.25, 0.3) is 0 Å². The molecule has 0 saturated heterocycles. The van der Waals surface area contributed by atoms with Crippen molar-refractivity contribution in [2.45, 2.75) is 19.6 Å². The molecule has 29 heavy (non-hydrogen) atoms. The first-order valence-corrected chi connectivity index (χ1v) is 11.0. The van der Waals surface area contributed by atoms with Crippen LogP contribution in [0.2, 0.25) is 10.0 Å². The molecule has 0 heterocycles. The predicted octanol–water partition coefficient (Wildman–Crippen LogP) is 6.29. The zero-order chi connectivity index (χ0) is 21.6. The third-order valence-electron chi connectivity index (χ3n) is 3.83. The van der Waals surface area contributed by atoms with E-state index in [4.69, 9.17) is 37.0 Å². The molecule has 0 bridgehead atoms. The van der Waals surface area contributed by atoms with Crippen molar-refractivity contribution in [3.8, 4) is 5.75 Å². The lowest BCUT2D eigenvalue weighted by Crippen LogP contribution is -2.16. The predicted molar refractivity (Wildman–Crippen MR) is 113 cm³/mol. The number of rotatable bonds is 10. The molecule has 0 amide bonds. The van der Waals surface area contributed by atoms with Gasteiger partial charge in [0.25, 0.3) is 5.69 Å². The van der Waals surface area contributed by atoms with Gasteiger partial charge >= 0.3 is 7.60 Å². The zero-order valence-electron chi connectivity index (χ0n) is 16.1. The lowest BCUT2D eigenvalue weighted by molar-refractivity contribution is -0.384. The van der Waals surface area contributed by atoms with Crippen LogP contribution in [0.15, 0.2) is 36.4 Å². The number of nitrogens with one attached hydrogen (secondary N) is 1. The standard InChI is InChI=1S/C18H21Cl2N2O6P/c1-4-27-29(25,28-5-2)18(15-9-12(19)10-16(20)17(15)26-3)21-13-7-6-8-14(11-13)22(23)24/h6-11,18,21H,4-5H2,1-3H3/t18-/m1/s1. The van der Waals surface area contributed by atoms with Gasteiger partial charge in [0.15, 0.2) is 5.78 Å². The normalized spacial score (nSPS) is 12.4. The number of methoxy groups -OCH3 is 1. The van der Waals surface area contributed by atoms with Crippen molar-refractivity contribution in [1.82, 2.24) is 0 Å². The van der Waals surface area contributed by atoms with Crippen LogP contribution in [0.4, 0.5) is 11.4 Å². The Labute approximate surface area is 178 Å². The van der Waals surface area contributed by atoms with Crippen LogP contribution in [0.1, 0.15) is 25.2 Å². The number of non-ortho nitro benzene ring substituents is 1. The van der Waals surface area contributed by atoms with E-state index in [1.165, 1.54) is 37.4 Å². The summed E-state index contributed by atoms with van der Waals surface area (Å²) in [6, 6.07) is 8.79. The molecule has 0 unspecified atom stereocenters. The summed E-state index contributed by atoms with van der Waals surface area (Å²) >= 11 is 12.4. The van der Waals surface area contributed by atoms with Gasteiger partial charge in [-0.05, 0) is 32.0 Å². The van der Waals surface area contributed by atoms with Crippen molar-refractivity contribution in [2.75, 3.05) is 25.6 Å². The monoisotopic (exact) mass is 462 g/mol. The first-order chi connectivity index (χ1) is 13.8. The molecule has 0 fully saturated rings. The number of benzene rings is 2. The van der Waals surface area contributed by atoms with Crippen molar-refractivity contribution in [3.05, 3.63) is 62.1 Å². The Morgan fingerprint density at radius 3 is 2.38 bits per heavy atom. The van der Waals surface area contributed by atoms with Crippen molar-refractivity contribution < 1.29 is 23.3 Å². The van der Waals surface area contributed by atoms with Gasteiger partial charge in [-0.25, -0.2) is 0 Å². The van der Waals surface area contributed by atoms with Crippen molar-refractivity contribution >= 4 is 42.2 Å². The van der Waals surface area contributed by atoms with Gasteiger partial charge in [-0.2, -0.15) is 0 Å². The first-order valence-electron chi connectivity index (χ1n) is 8.68. The highest BCUT2D eigenvalue weighted by atomic mass is 35.5. The average molecular weight is 463 g/mol. The highest BCUT2D eigenvalue weighted by Crippen LogP contribution is 2.62. The Balaban J connectivity index is 2.66. The third kappa shape index (κ3) is 5.62. The Hall–Kier alpha value is -1.83. The molecule has 1 atom stereocenters. The van der Waals surface area contributed by atoms with Crippen LogP contribution in [-0.2, 0) is 13.6 Å². The fourth-order valence-electron chi connectivity index (χ4n) is 2.74. The molecular formula is C18H21Cl2N2O6P. The number of nitro benzene ring substituents is 1. The van der Waals surface area contributed by atoms with E-state index in [1.807, 2.05) is 0 Å². The topological polar surface area (TPSA) is 99.9 Å². The first kappa shape index (κ1) is 23.4. The second kappa shape index (κ2) is 10.3. The molecule has 0 radical (unpaired) electrons. The minimum atomic E-state index is -3.81. The van der Waals surface area contributed by atoms with Gasteiger partial charge < -0.3 is 19.1 Å². The molecule has 1 N–H and O–H groups in total. The smallest absolute Gasteiger partial charge is 0.357 e. The highest BCUT2D eigenvalue weighted by Gasteiger charge is 2.39. The largest absolute Gasteiger partial charge is 0.495 e. The van der Waals surface area contributed by atoms with E-state index >= 15 is 0 Å². The maximum absolute atomic E-state index is 13.6. The van der Waals surface area contributed by atoms with Gasteiger partial charge in [0, 0.05) is 28.4 Å². The molecule has 0 aliphatic carbocycles. The summed E-state index contributed by atoms with van der Waals surface area (Å²) in [6.45, 7) is 3.58. The van der Waals surface area contributed by atoms with E-state index in [0.717, 1.165) is 0 Å². The van der Waals surface area contributed by atoms with Crippen LogP contribution in [0, 0.1) is 10.1 Å². The van der Waals surface area contributed by atoms with Crippen LogP contribution >= 0.6 is 30.8 Å². The van der Waals surface area contributed by atoms with E-state index in [9.17, 15) is 14.7 Å². The number of hydrogen-bond acceptors (Lipinski definition) is 7. The maximum atomic E-state index is 13.6. The van der Waals surface area contributed by atoms with Gasteiger partial charge in [-0.1, -0.05) is 29.3 Å². The van der Waals surface area contributed by atoms with Gasteiger partial charge in [-0.3, -0.25) is 14.7 Å². The maximum Gasteiger partial charge on any atom is 0.357 e. The summed E-state index contributed by atoms with van der Waals surface area (Å²) in [4.78, 5) is 10.6. The second-order valence-electron chi connectivity index (χ2n) is 5.74. The van der Waals surface area contributed by atoms with E-state index in [2.05, 4.69) is 5.32 Å². The molecule has 2 rings (SSSR count). The molecule has 0 aliphatic rings. The minimum Gasteiger partial charge on any atom is -0.495 e. The van der Waals surface area contributed by atoms with Gasteiger partial charge in [-0.15, -0.1) is 0 Å². The van der Waals surface area contributed by atoms with Crippen molar-refractivity contribution in [2.24, 2.45) is 0 Å². The second-order valence-corrected chi connectivity index (χ2v) is 8.70. The summed E-state index contributed by atoms with van der Waals surface area (Å²) in [5.74, 6) is -0.853. The molecule has 0 spiro atoms. The molecule has 2 aromatic carbocycles. The number of halogens is 2. The van der Waals surface area contributed by atoms with Crippen molar-refractivity contribution in [3.63, 3.8) is 0 Å². The number of ether oxygens (including phenoxy) is 1. The molecular weight excluding hydrogens is 442 g/mol. The molecule has 2 aromatic rings. The Morgan fingerprint density at radius 1 is 1.17 bits per heavy atom. The molecule has 11 heteroatoms. The summed E-state index contributed by atoms with van der Waals surface area (Å²) < 4.78 is 30.1. The zero-order valence-corrected chi connectivity index (χ0v) is 18.5. The highest BCUT2D eigenvalue weighted by molar-refractivity contribution is 7.54. The number of nitro groups is 1. The SMILES string of the molecule is CCOP(=O)(OCC)[C@@H](Nc1cccc([N+](=O)[O-])c1)c1cc(Cl)cc(Cl)c1OC. The van der Waals surface area contributed by atoms with Crippen LogP contribution in [0.5, 0.6) is 5.75 Å². The van der Waals surface area contributed by atoms with E-state index in [0.29, 0.717) is 11.3 Å². The molecule has 0 saturated carbocycles. The number of hydrogen-bond donors (Lipinski definition) is 1. The Kier molecular flexibility index (Phi) is 8.31. The van der Waals surface area contributed by atoms with Crippen LogP contribution < -0.4 is 10.1 Å². The van der Waals surface area contributed by atoms with Gasteiger partial charge in [0.05, 0.1) is 30.3 Å². The summed E-state index contributed by atoms with van der Waals surface area (Å²) in [5.41, 5.74) is 0.538. The van der Waals surface area contributed by atoms with E-state index < -0.39 is 18.3 Å². The number of nitrogens with zero attached hydrogens (tertiary/aromatic N) is 1. The molecule has 158 valence electrons. The minimum absolute atomic E-state index is 0.112. The molecule has 0 aliphatic heterocycles. The van der Waals surface area contributed by atoms with Gasteiger partial charge in [0.2, 0.25) is 0 Å². The molecule has 8 nitrogen and oxygen atoms in total. The van der Waals surface area contributed by atoms with Crippen LogP contribution in [0.3, 0.4) is 0 Å². The van der Waals surface area contributed by atoms with E-state index in [1.54, 1.807) is 19.9 Å². The van der Waals surface area contributed by atoms with Gasteiger partial charge in [0.1, 0.15) is 5.75 Å². The fraction of sp³-hybridized carbons (Fsp3) is 0.333. The quantitative estimate of drug-likeness (QED) is 0.251.